The zero-order chi connectivity index (χ0) is 16.3. The van der Waals surface area contributed by atoms with E-state index in [0.717, 1.165) is 16.7 Å². The topological polar surface area (TPSA) is 66.4 Å². The Morgan fingerprint density at radius 1 is 1.05 bits per heavy atom. The van der Waals surface area contributed by atoms with Gasteiger partial charge >= 0.3 is 0 Å². The van der Waals surface area contributed by atoms with Crippen molar-refractivity contribution in [1.29, 1.82) is 0 Å². The predicted molar refractivity (Wildman–Crippen MR) is 87.2 cm³/mol. The van der Waals surface area contributed by atoms with Crippen LogP contribution in [0.1, 0.15) is 28.4 Å². The Morgan fingerprint density at radius 2 is 1.73 bits per heavy atom. The SMILES string of the molecule is Cc1ccc(S(=O)(=O)NCC(O)c2ccccc2C)c(C)c1. The van der Waals surface area contributed by atoms with Crippen molar-refractivity contribution >= 4 is 10.0 Å². The third-order valence-corrected chi connectivity index (χ3v) is 5.22. The van der Waals surface area contributed by atoms with E-state index in [2.05, 4.69) is 4.72 Å². The van der Waals surface area contributed by atoms with Gasteiger partial charge in [0.2, 0.25) is 10.0 Å². The molecule has 0 heterocycles. The van der Waals surface area contributed by atoms with Crippen molar-refractivity contribution < 1.29 is 13.5 Å². The van der Waals surface area contributed by atoms with Gasteiger partial charge in [-0.1, -0.05) is 42.0 Å². The number of hydrogen-bond acceptors (Lipinski definition) is 3. The van der Waals surface area contributed by atoms with Crippen LogP contribution in [-0.4, -0.2) is 20.1 Å². The first kappa shape index (κ1) is 16.7. The van der Waals surface area contributed by atoms with Crippen LogP contribution in [0.3, 0.4) is 0 Å². The number of sulfonamides is 1. The first-order valence-electron chi connectivity index (χ1n) is 7.12. The average Bonchev–Trinajstić information content (AvgIpc) is 2.45. The van der Waals surface area contributed by atoms with Crippen molar-refractivity contribution in [3.8, 4) is 0 Å². The molecular weight excluding hydrogens is 298 g/mol. The average molecular weight is 319 g/mol. The second-order valence-electron chi connectivity index (χ2n) is 5.49. The van der Waals surface area contributed by atoms with Crippen LogP contribution in [0.5, 0.6) is 0 Å². The summed E-state index contributed by atoms with van der Waals surface area (Å²) in [5, 5.41) is 10.2. The summed E-state index contributed by atoms with van der Waals surface area (Å²) in [4.78, 5) is 0.245. The lowest BCUT2D eigenvalue weighted by molar-refractivity contribution is 0.181. The molecule has 0 radical (unpaired) electrons. The molecule has 0 saturated heterocycles. The van der Waals surface area contributed by atoms with Crippen LogP contribution in [0, 0.1) is 20.8 Å². The van der Waals surface area contributed by atoms with E-state index in [0.29, 0.717) is 5.56 Å². The molecule has 1 unspecified atom stereocenters. The molecule has 2 aromatic carbocycles. The normalized spacial score (nSPS) is 13.1. The van der Waals surface area contributed by atoms with Gasteiger partial charge in [-0.25, -0.2) is 13.1 Å². The summed E-state index contributed by atoms with van der Waals surface area (Å²) in [5.74, 6) is 0. The van der Waals surface area contributed by atoms with Crippen molar-refractivity contribution in [1.82, 2.24) is 4.72 Å². The Kier molecular flexibility index (Phi) is 5.01. The minimum atomic E-state index is -3.63. The lowest BCUT2D eigenvalue weighted by atomic mass is 10.0. The van der Waals surface area contributed by atoms with Gasteiger partial charge in [-0.3, -0.25) is 0 Å². The van der Waals surface area contributed by atoms with Gasteiger partial charge in [0.15, 0.2) is 0 Å². The van der Waals surface area contributed by atoms with Crippen LogP contribution in [0.2, 0.25) is 0 Å². The number of rotatable bonds is 5. The maximum Gasteiger partial charge on any atom is 0.240 e. The van der Waals surface area contributed by atoms with E-state index in [4.69, 9.17) is 0 Å². The van der Waals surface area contributed by atoms with E-state index < -0.39 is 16.1 Å². The van der Waals surface area contributed by atoms with Crippen molar-refractivity contribution in [2.75, 3.05) is 6.54 Å². The summed E-state index contributed by atoms with van der Waals surface area (Å²) in [6.07, 6.45) is -0.873. The number of benzene rings is 2. The molecule has 0 spiro atoms. The highest BCUT2D eigenvalue weighted by Gasteiger charge is 2.19. The minimum Gasteiger partial charge on any atom is -0.387 e. The zero-order valence-corrected chi connectivity index (χ0v) is 13.8. The molecule has 2 N–H and O–H groups in total. The van der Waals surface area contributed by atoms with Gasteiger partial charge in [-0.05, 0) is 43.5 Å². The Morgan fingerprint density at radius 3 is 2.36 bits per heavy atom. The fourth-order valence-corrected chi connectivity index (χ4v) is 3.70. The highest BCUT2D eigenvalue weighted by atomic mass is 32.2. The van der Waals surface area contributed by atoms with Crippen LogP contribution in [0.4, 0.5) is 0 Å². The summed E-state index contributed by atoms with van der Waals surface area (Å²) in [6, 6.07) is 12.6. The highest BCUT2D eigenvalue weighted by molar-refractivity contribution is 7.89. The maximum absolute atomic E-state index is 12.4. The molecule has 0 aliphatic heterocycles. The molecule has 0 aliphatic carbocycles. The van der Waals surface area contributed by atoms with Gasteiger partial charge in [-0.15, -0.1) is 0 Å². The summed E-state index contributed by atoms with van der Waals surface area (Å²) in [5.41, 5.74) is 3.36. The van der Waals surface area contributed by atoms with Crippen molar-refractivity contribution in [3.63, 3.8) is 0 Å². The van der Waals surface area contributed by atoms with Crippen LogP contribution in [0.15, 0.2) is 47.4 Å². The van der Waals surface area contributed by atoms with E-state index in [-0.39, 0.29) is 11.4 Å². The molecule has 0 bridgehead atoms. The third kappa shape index (κ3) is 3.74. The first-order chi connectivity index (χ1) is 10.3. The summed E-state index contributed by atoms with van der Waals surface area (Å²) < 4.78 is 27.2. The van der Waals surface area contributed by atoms with Crippen molar-refractivity contribution in [2.24, 2.45) is 0 Å². The van der Waals surface area contributed by atoms with Gasteiger partial charge in [0, 0.05) is 6.54 Å². The monoisotopic (exact) mass is 319 g/mol. The van der Waals surface area contributed by atoms with Crippen molar-refractivity contribution in [2.45, 2.75) is 31.8 Å². The van der Waals surface area contributed by atoms with Gasteiger partial charge in [0.25, 0.3) is 0 Å². The van der Waals surface area contributed by atoms with E-state index in [1.54, 1.807) is 25.1 Å². The van der Waals surface area contributed by atoms with Gasteiger partial charge in [-0.2, -0.15) is 0 Å². The highest BCUT2D eigenvalue weighted by Crippen LogP contribution is 2.19. The zero-order valence-electron chi connectivity index (χ0n) is 13.0. The standard InChI is InChI=1S/C17H21NO3S/c1-12-8-9-17(14(3)10-12)22(20,21)18-11-16(19)15-7-5-4-6-13(15)2/h4-10,16,18-19H,11H2,1-3H3. The molecular formula is C17H21NO3S. The molecule has 0 fully saturated rings. The number of aryl methyl sites for hydroxylation is 3. The lowest BCUT2D eigenvalue weighted by Crippen LogP contribution is -2.29. The fraction of sp³-hybridized carbons (Fsp3) is 0.294. The first-order valence-corrected chi connectivity index (χ1v) is 8.60. The smallest absolute Gasteiger partial charge is 0.240 e. The van der Waals surface area contributed by atoms with Crippen LogP contribution >= 0.6 is 0 Å². The molecule has 1 atom stereocenters. The predicted octanol–water partition coefficient (Wildman–Crippen LogP) is 2.62. The Balaban J connectivity index is 2.15. The summed E-state index contributed by atoms with van der Waals surface area (Å²) in [7, 11) is -3.63. The summed E-state index contributed by atoms with van der Waals surface area (Å²) in [6.45, 7) is 5.51. The molecule has 0 aromatic heterocycles. The molecule has 22 heavy (non-hydrogen) atoms. The molecule has 4 nitrogen and oxygen atoms in total. The summed E-state index contributed by atoms with van der Waals surface area (Å²) >= 11 is 0. The molecule has 0 amide bonds. The molecule has 118 valence electrons. The Labute approximate surface area is 131 Å². The second kappa shape index (κ2) is 6.60. The number of hydrogen-bond donors (Lipinski definition) is 2. The molecule has 2 rings (SSSR count). The second-order valence-corrected chi connectivity index (χ2v) is 7.23. The maximum atomic E-state index is 12.4. The molecule has 5 heteroatoms. The quantitative estimate of drug-likeness (QED) is 0.890. The van der Waals surface area contributed by atoms with E-state index in [1.807, 2.05) is 38.1 Å². The molecule has 0 aliphatic rings. The van der Waals surface area contributed by atoms with E-state index >= 15 is 0 Å². The molecule has 0 saturated carbocycles. The van der Waals surface area contributed by atoms with Gasteiger partial charge in [0.05, 0.1) is 11.0 Å². The third-order valence-electron chi connectivity index (χ3n) is 3.63. The Hall–Kier alpha value is -1.69. The van der Waals surface area contributed by atoms with Crippen LogP contribution in [-0.2, 0) is 10.0 Å². The van der Waals surface area contributed by atoms with Crippen LogP contribution in [0.25, 0.3) is 0 Å². The van der Waals surface area contributed by atoms with Crippen molar-refractivity contribution in [3.05, 3.63) is 64.7 Å². The minimum absolute atomic E-state index is 0.0551. The number of aliphatic hydroxyl groups excluding tert-OH is 1. The molecule has 2 aromatic rings. The number of aliphatic hydroxyl groups is 1. The van der Waals surface area contributed by atoms with E-state index in [9.17, 15) is 13.5 Å². The number of nitrogens with one attached hydrogen (secondary N) is 1. The van der Waals surface area contributed by atoms with Crippen LogP contribution < -0.4 is 4.72 Å². The largest absolute Gasteiger partial charge is 0.387 e. The van der Waals surface area contributed by atoms with E-state index in [1.165, 1.54) is 0 Å². The fourth-order valence-electron chi connectivity index (χ4n) is 2.44. The Bertz CT molecular complexity index is 769. The van der Waals surface area contributed by atoms with Gasteiger partial charge < -0.3 is 5.11 Å². The van der Waals surface area contributed by atoms with Gasteiger partial charge in [0.1, 0.15) is 0 Å². The lowest BCUT2D eigenvalue weighted by Gasteiger charge is -2.15.